The van der Waals surface area contributed by atoms with Crippen LogP contribution in [-0.2, 0) is 34.4 Å². The molecular formula is C38H42F2N6O4. The molecule has 50 heavy (non-hydrogen) atoms. The van der Waals surface area contributed by atoms with Gasteiger partial charge >= 0.3 is 0 Å². The molecule has 4 aliphatic rings. The predicted octanol–water partition coefficient (Wildman–Crippen LogP) is 3.64. The fraction of sp³-hybridized carbons (Fsp3) is 0.421. The highest BCUT2D eigenvalue weighted by molar-refractivity contribution is 6.01. The smallest absolute Gasteiger partial charge is 0.254 e. The quantitative estimate of drug-likeness (QED) is 0.349. The maximum Gasteiger partial charge on any atom is 0.254 e. The zero-order chi connectivity index (χ0) is 34.9. The van der Waals surface area contributed by atoms with Gasteiger partial charge in [-0.1, -0.05) is 24.3 Å². The molecule has 1 aromatic heterocycles. The van der Waals surface area contributed by atoms with Crippen LogP contribution in [0, 0.1) is 11.6 Å². The molecular weight excluding hydrogens is 642 g/mol. The van der Waals surface area contributed by atoms with Gasteiger partial charge in [-0.2, -0.15) is 0 Å². The highest BCUT2D eigenvalue weighted by Gasteiger charge is 2.29. The standard InChI is InChI=1S/C38H42F2N6O4/c1-43-22-31(28-3-2-4-29(28)38(43)50)30-20-32(39)26(19-33(30)40)21-45-15-17-46(18-16-45)36(48)23-44-13-11-25(12-14-44)24-5-7-27(8-6-24)41-34-9-10-35(47)42-37(34)49/h2-3,5-8,19-20,22,25,34,41H,4,9-18,21,23H2,1H3,(H,42,47,49). The average Bonchev–Trinajstić information content (AvgIpc) is 3.61. The Morgan fingerprint density at radius 2 is 1.64 bits per heavy atom. The molecule has 4 heterocycles. The van der Waals surface area contributed by atoms with E-state index in [1.54, 1.807) is 19.3 Å². The van der Waals surface area contributed by atoms with Gasteiger partial charge in [-0.15, -0.1) is 0 Å². The van der Waals surface area contributed by atoms with Gasteiger partial charge in [-0.25, -0.2) is 8.78 Å². The Hall–Kier alpha value is -4.68. The molecule has 0 saturated carbocycles. The first-order chi connectivity index (χ1) is 24.1. The van der Waals surface area contributed by atoms with E-state index in [9.17, 15) is 19.2 Å². The molecule has 3 fully saturated rings. The number of halogens is 2. The van der Waals surface area contributed by atoms with Crippen molar-refractivity contribution in [2.75, 3.05) is 51.1 Å². The number of hydrogen-bond donors (Lipinski definition) is 2. The second-order valence-corrected chi connectivity index (χ2v) is 13.9. The lowest BCUT2D eigenvalue weighted by molar-refractivity contribution is -0.135. The number of aryl methyl sites for hydroxylation is 1. The number of carbonyl (C=O) groups is 3. The van der Waals surface area contributed by atoms with Crippen LogP contribution in [0.1, 0.15) is 53.9 Å². The van der Waals surface area contributed by atoms with Crippen molar-refractivity contribution in [1.29, 1.82) is 0 Å². The summed E-state index contributed by atoms with van der Waals surface area (Å²) in [6.45, 7) is 4.48. The number of amides is 3. The summed E-state index contributed by atoms with van der Waals surface area (Å²) in [5.41, 5.74) is 4.11. The maximum atomic E-state index is 15.4. The number of aromatic nitrogens is 1. The third kappa shape index (κ3) is 7.13. The summed E-state index contributed by atoms with van der Waals surface area (Å²) >= 11 is 0. The summed E-state index contributed by atoms with van der Waals surface area (Å²) in [7, 11) is 1.62. The molecule has 3 amide bonds. The number of benzene rings is 2. The number of rotatable bonds is 8. The molecule has 3 saturated heterocycles. The van der Waals surface area contributed by atoms with E-state index in [1.807, 2.05) is 28.0 Å². The first-order valence-corrected chi connectivity index (χ1v) is 17.4. The number of nitrogens with one attached hydrogen (secondary N) is 2. The summed E-state index contributed by atoms with van der Waals surface area (Å²) < 4.78 is 32.2. The number of piperazine rings is 1. The van der Waals surface area contributed by atoms with Gasteiger partial charge in [0.15, 0.2) is 0 Å². The minimum atomic E-state index is -0.529. The normalized spacial score (nSPS) is 20.2. The van der Waals surface area contributed by atoms with Crippen LogP contribution in [0.5, 0.6) is 0 Å². The fourth-order valence-electron chi connectivity index (χ4n) is 7.62. The van der Waals surface area contributed by atoms with Gasteiger partial charge in [0.1, 0.15) is 17.7 Å². The molecule has 3 aromatic rings. The minimum absolute atomic E-state index is 0.0902. The van der Waals surface area contributed by atoms with Crippen LogP contribution in [-0.4, -0.2) is 88.8 Å². The Kier molecular flexibility index (Phi) is 9.65. The second-order valence-electron chi connectivity index (χ2n) is 13.9. The van der Waals surface area contributed by atoms with Crippen molar-refractivity contribution in [3.8, 4) is 11.1 Å². The van der Waals surface area contributed by atoms with Crippen molar-refractivity contribution in [2.24, 2.45) is 7.05 Å². The molecule has 7 rings (SSSR count). The topological polar surface area (TPSA) is 107 Å². The number of fused-ring (bicyclic) bond motifs is 1. The molecule has 0 spiro atoms. The van der Waals surface area contributed by atoms with Crippen molar-refractivity contribution in [3.05, 3.63) is 92.9 Å². The Labute approximate surface area is 289 Å². The van der Waals surface area contributed by atoms with E-state index in [4.69, 9.17) is 0 Å². The second kappa shape index (κ2) is 14.3. The van der Waals surface area contributed by atoms with Crippen LogP contribution in [0.25, 0.3) is 17.2 Å². The van der Waals surface area contributed by atoms with Gasteiger partial charge in [-0.05, 0) is 80.1 Å². The molecule has 262 valence electrons. The molecule has 1 unspecified atom stereocenters. The first kappa shape index (κ1) is 33.8. The van der Waals surface area contributed by atoms with Gasteiger partial charge in [0.25, 0.3) is 5.56 Å². The number of piperidine rings is 2. The lowest BCUT2D eigenvalue weighted by atomic mass is 9.89. The number of nitrogens with zero attached hydrogens (tertiary/aromatic N) is 4. The summed E-state index contributed by atoms with van der Waals surface area (Å²) in [5.74, 6) is -1.05. The predicted molar refractivity (Wildman–Crippen MR) is 186 cm³/mol. The molecule has 3 aliphatic heterocycles. The molecule has 12 heteroatoms. The van der Waals surface area contributed by atoms with Crippen molar-refractivity contribution in [1.82, 2.24) is 24.6 Å². The summed E-state index contributed by atoms with van der Waals surface area (Å²) in [5, 5.41) is 5.59. The fourth-order valence-corrected chi connectivity index (χ4v) is 7.62. The van der Waals surface area contributed by atoms with Gasteiger partial charge in [-0.3, -0.25) is 34.3 Å². The zero-order valence-corrected chi connectivity index (χ0v) is 28.2. The number of likely N-dealkylation sites (tertiary alicyclic amines) is 1. The van der Waals surface area contributed by atoms with E-state index in [0.29, 0.717) is 74.6 Å². The van der Waals surface area contributed by atoms with Crippen molar-refractivity contribution in [3.63, 3.8) is 0 Å². The monoisotopic (exact) mass is 684 g/mol. The average molecular weight is 685 g/mol. The highest BCUT2D eigenvalue weighted by Crippen LogP contribution is 2.33. The van der Waals surface area contributed by atoms with E-state index in [1.165, 1.54) is 22.3 Å². The Balaban J connectivity index is 0.870. The van der Waals surface area contributed by atoms with Gasteiger partial charge in [0, 0.05) is 80.3 Å². The molecule has 1 aliphatic carbocycles. The van der Waals surface area contributed by atoms with Crippen LogP contribution < -0.4 is 16.2 Å². The van der Waals surface area contributed by atoms with E-state index < -0.39 is 17.7 Å². The van der Waals surface area contributed by atoms with Gasteiger partial charge in [0.05, 0.1) is 6.54 Å². The molecule has 10 nitrogen and oxygen atoms in total. The maximum absolute atomic E-state index is 15.4. The molecule has 0 bridgehead atoms. The summed E-state index contributed by atoms with van der Waals surface area (Å²) in [6.07, 6.45) is 8.42. The number of hydrogen-bond acceptors (Lipinski definition) is 7. The molecule has 2 N–H and O–H groups in total. The number of anilines is 1. The number of pyridine rings is 1. The van der Waals surface area contributed by atoms with E-state index in [2.05, 4.69) is 27.7 Å². The van der Waals surface area contributed by atoms with Crippen molar-refractivity contribution >= 4 is 29.5 Å². The summed E-state index contributed by atoms with van der Waals surface area (Å²) in [4.78, 5) is 55.2. The largest absolute Gasteiger partial charge is 0.374 e. The Morgan fingerprint density at radius 3 is 2.36 bits per heavy atom. The highest BCUT2D eigenvalue weighted by atomic mass is 19.1. The molecule has 1 atom stereocenters. The third-order valence-electron chi connectivity index (χ3n) is 10.6. The van der Waals surface area contributed by atoms with Gasteiger partial charge in [0.2, 0.25) is 17.7 Å². The number of allylic oxidation sites excluding steroid dienone is 1. The van der Waals surface area contributed by atoms with Gasteiger partial charge < -0.3 is 14.8 Å². The van der Waals surface area contributed by atoms with Crippen LogP contribution in [0.4, 0.5) is 14.5 Å². The first-order valence-electron chi connectivity index (χ1n) is 17.4. The van der Waals surface area contributed by atoms with Crippen LogP contribution >= 0.6 is 0 Å². The number of imide groups is 1. The lowest BCUT2D eigenvalue weighted by Crippen LogP contribution is -2.51. The third-order valence-corrected chi connectivity index (χ3v) is 10.6. The SMILES string of the molecule is Cn1cc(-c2cc(F)c(CN3CCN(C(=O)CN4CCC(c5ccc(NC6CCC(=O)NC6=O)cc5)CC4)CC3)cc2F)c2c(c1=O)CC=C2. The minimum Gasteiger partial charge on any atom is -0.374 e. The van der Waals surface area contributed by atoms with Crippen molar-refractivity contribution < 1.29 is 23.2 Å². The molecule has 2 aromatic carbocycles. The van der Waals surface area contributed by atoms with Crippen LogP contribution in [0.15, 0.2) is 53.5 Å². The Morgan fingerprint density at radius 1 is 0.900 bits per heavy atom. The van der Waals surface area contributed by atoms with E-state index in [0.717, 1.165) is 31.6 Å². The molecule has 0 radical (unpaired) electrons. The van der Waals surface area contributed by atoms with E-state index in [-0.39, 0.29) is 41.0 Å². The van der Waals surface area contributed by atoms with E-state index >= 15 is 8.78 Å². The lowest BCUT2D eigenvalue weighted by Gasteiger charge is -2.37. The Bertz CT molecular complexity index is 1890. The van der Waals surface area contributed by atoms with Crippen molar-refractivity contribution in [2.45, 2.75) is 50.6 Å². The van der Waals surface area contributed by atoms with Crippen LogP contribution in [0.2, 0.25) is 0 Å². The summed E-state index contributed by atoms with van der Waals surface area (Å²) in [6, 6.07) is 10.2. The number of carbonyl (C=O) groups excluding carboxylic acids is 3. The zero-order valence-electron chi connectivity index (χ0n) is 28.2. The van der Waals surface area contributed by atoms with Crippen LogP contribution in [0.3, 0.4) is 0 Å².